The predicted molar refractivity (Wildman–Crippen MR) is 123 cm³/mol. The van der Waals surface area contributed by atoms with Gasteiger partial charge in [-0.15, -0.1) is 0 Å². The van der Waals surface area contributed by atoms with Gasteiger partial charge in [0.15, 0.2) is 9.84 Å². The highest BCUT2D eigenvalue weighted by Gasteiger charge is 2.16. The molecule has 0 heterocycles. The average molecular weight is 441 g/mol. The lowest BCUT2D eigenvalue weighted by Gasteiger charge is -2.15. The Bertz CT molecular complexity index is 1130. The molecule has 0 aliphatic heterocycles. The van der Waals surface area contributed by atoms with Crippen LogP contribution < -0.4 is 10.6 Å². The van der Waals surface area contributed by atoms with Crippen molar-refractivity contribution in [3.8, 4) is 0 Å². The number of hydrogen-bond donors (Lipinski definition) is 2. The van der Waals surface area contributed by atoms with Crippen LogP contribution in [-0.4, -0.2) is 27.1 Å². The quantitative estimate of drug-likeness (QED) is 0.523. The first-order chi connectivity index (χ1) is 14.4. The van der Waals surface area contributed by atoms with Gasteiger partial charge in [-0.05, 0) is 48.4 Å². The Morgan fingerprint density at radius 1 is 0.900 bits per heavy atom. The molecule has 0 saturated heterocycles. The molecule has 2 N–H and O–H groups in total. The second kappa shape index (κ2) is 9.82. The van der Waals surface area contributed by atoms with Crippen molar-refractivity contribution < 1.29 is 13.2 Å². The summed E-state index contributed by atoms with van der Waals surface area (Å²) in [5.41, 5.74) is 2.08. The fourth-order valence-electron chi connectivity index (χ4n) is 3.09. The first-order valence-corrected chi connectivity index (χ1v) is 12.3. The second-order valence-corrected chi connectivity index (χ2v) is 9.82. The minimum absolute atomic E-state index is 0.0323. The van der Waals surface area contributed by atoms with Crippen molar-refractivity contribution in [3.05, 3.63) is 78.4 Å². The number of carbonyl (C=O) groups is 1. The Kier molecular flexibility index (Phi) is 7.18. The van der Waals surface area contributed by atoms with Gasteiger partial charge >= 0.3 is 0 Å². The summed E-state index contributed by atoms with van der Waals surface area (Å²) in [5, 5.41) is 6.03. The average Bonchev–Trinajstić information content (AvgIpc) is 2.73. The zero-order valence-electron chi connectivity index (χ0n) is 16.9. The topological polar surface area (TPSA) is 75.3 Å². The minimum Gasteiger partial charge on any atom is -0.376 e. The Morgan fingerprint density at radius 3 is 2.27 bits per heavy atom. The van der Waals surface area contributed by atoms with Crippen LogP contribution in [0.25, 0.3) is 0 Å². The fourth-order valence-corrected chi connectivity index (χ4v) is 5.04. The van der Waals surface area contributed by atoms with Crippen molar-refractivity contribution in [2.45, 2.75) is 28.0 Å². The highest BCUT2D eigenvalue weighted by molar-refractivity contribution is 7.99. The molecule has 3 aromatic carbocycles. The molecule has 0 aliphatic carbocycles. The maximum Gasteiger partial charge on any atom is 0.243 e. The van der Waals surface area contributed by atoms with Crippen molar-refractivity contribution in [1.82, 2.24) is 0 Å². The van der Waals surface area contributed by atoms with Gasteiger partial charge in [0.1, 0.15) is 0 Å². The van der Waals surface area contributed by atoms with Crippen molar-refractivity contribution in [2.75, 3.05) is 23.4 Å². The SMILES string of the molecule is CCc1c(NCC(=O)Nc2ccccc2Sc2ccccc2)cccc1S(C)(=O)=O. The summed E-state index contributed by atoms with van der Waals surface area (Å²) in [6, 6.07) is 22.7. The summed E-state index contributed by atoms with van der Waals surface area (Å²) in [6.45, 7) is 1.93. The van der Waals surface area contributed by atoms with E-state index in [2.05, 4.69) is 10.6 Å². The lowest BCUT2D eigenvalue weighted by atomic mass is 10.1. The van der Waals surface area contributed by atoms with E-state index in [1.165, 1.54) is 6.26 Å². The molecule has 0 spiro atoms. The summed E-state index contributed by atoms with van der Waals surface area (Å²) in [4.78, 5) is 14.9. The van der Waals surface area contributed by atoms with Crippen molar-refractivity contribution in [3.63, 3.8) is 0 Å². The number of carbonyl (C=O) groups excluding carboxylic acids is 1. The van der Waals surface area contributed by atoms with E-state index < -0.39 is 9.84 Å². The summed E-state index contributed by atoms with van der Waals surface area (Å²) in [5.74, 6) is -0.206. The summed E-state index contributed by atoms with van der Waals surface area (Å²) in [6.07, 6.45) is 1.74. The monoisotopic (exact) mass is 440 g/mol. The van der Waals surface area contributed by atoms with Gasteiger partial charge in [-0.3, -0.25) is 4.79 Å². The first kappa shape index (κ1) is 21.9. The molecule has 0 unspecified atom stereocenters. The van der Waals surface area contributed by atoms with Crippen molar-refractivity contribution in [1.29, 1.82) is 0 Å². The highest BCUT2D eigenvalue weighted by Crippen LogP contribution is 2.33. The number of hydrogen-bond acceptors (Lipinski definition) is 5. The molecule has 0 aromatic heterocycles. The van der Waals surface area contributed by atoms with E-state index in [-0.39, 0.29) is 12.5 Å². The van der Waals surface area contributed by atoms with Crippen LogP contribution in [-0.2, 0) is 21.1 Å². The molecule has 0 atom stereocenters. The van der Waals surface area contributed by atoms with Gasteiger partial charge in [-0.2, -0.15) is 0 Å². The van der Waals surface area contributed by atoms with Crippen molar-refractivity contribution >= 4 is 38.9 Å². The third-order valence-corrected chi connectivity index (χ3v) is 6.72. The van der Waals surface area contributed by atoms with Crippen LogP contribution in [0.5, 0.6) is 0 Å². The molecule has 0 radical (unpaired) electrons. The number of benzene rings is 3. The van der Waals surface area contributed by atoms with Crippen LogP contribution in [0.2, 0.25) is 0 Å². The number of rotatable bonds is 8. The molecule has 3 aromatic rings. The molecule has 156 valence electrons. The molecule has 5 nitrogen and oxygen atoms in total. The summed E-state index contributed by atoms with van der Waals surface area (Å²) in [7, 11) is -3.33. The Balaban J connectivity index is 1.71. The number of anilines is 2. The Labute approximate surface area is 181 Å². The van der Waals surface area contributed by atoms with Crippen LogP contribution in [0, 0.1) is 0 Å². The van der Waals surface area contributed by atoms with E-state index in [4.69, 9.17) is 0 Å². The van der Waals surface area contributed by atoms with E-state index in [1.54, 1.807) is 30.0 Å². The van der Waals surface area contributed by atoms with E-state index in [1.807, 2.05) is 61.5 Å². The predicted octanol–water partition coefficient (Wildman–Crippen LogP) is 4.85. The van der Waals surface area contributed by atoms with E-state index >= 15 is 0 Å². The molecule has 3 rings (SSSR count). The molecular weight excluding hydrogens is 416 g/mol. The normalized spacial score (nSPS) is 11.1. The smallest absolute Gasteiger partial charge is 0.243 e. The lowest BCUT2D eigenvalue weighted by molar-refractivity contribution is -0.114. The molecule has 1 amide bonds. The molecule has 0 aliphatic rings. The Morgan fingerprint density at radius 2 is 1.57 bits per heavy atom. The molecule has 30 heavy (non-hydrogen) atoms. The van der Waals surface area contributed by atoms with Gasteiger partial charge in [0.2, 0.25) is 5.91 Å². The zero-order valence-corrected chi connectivity index (χ0v) is 18.5. The number of amides is 1. The number of sulfone groups is 1. The van der Waals surface area contributed by atoms with Crippen LogP contribution >= 0.6 is 11.8 Å². The van der Waals surface area contributed by atoms with E-state index in [0.717, 1.165) is 15.5 Å². The highest BCUT2D eigenvalue weighted by atomic mass is 32.2. The molecular formula is C23H24N2O3S2. The molecule has 0 saturated carbocycles. The zero-order chi connectivity index (χ0) is 21.6. The Hall–Kier alpha value is -2.77. The van der Waals surface area contributed by atoms with Gasteiger partial charge in [-0.1, -0.05) is 55.1 Å². The van der Waals surface area contributed by atoms with Gasteiger partial charge in [0, 0.05) is 21.7 Å². The number of nitrogens with one attached hydrogen (secondary N) is 2. The standard InChI is InChI=1S/C23H24N2O3S2/c1-3-18-19(13-9-15-22(18)30(2,27)28)24-16-23(26)25-20-12-7-8-14-21(20)29-17-10-5-4-6-11-17/h4-15,24H,3,16H2,1-2H3,(H,25,26). The summed E-state index contributed by atoms with van der Waals surface area (Å²) >= 11 is 1.58. The summed E-state index contributed by atoms with van der Waals surface area (Å²) < 4.78 is 24.0. The fraction of sp³-hybridized carbons (Fsp3) is 0.174. The van der Waals surface area contributed by atoms with Crippen LogP contribution in [0.1, 0.15) is 12.5 Å². The lowest BCUT2D eigenvalue weighted by Crippen LogP contribution is -2.22. The first-order valence-electron chi connectivity index (χ1n) is 9.56. The molecule has 0 bridgehead atoms. The van der Waals surface area contributed by atoms with Crippen LogP contribution in [0.3, 0.4) is 0 Å². The minimum atomic E-state index is -3.33. The van der Waals surface area contributed by atoms with Crippen LogP contribution in [0.4, 0.5) is 11.4 Å². The molecule has 7 heteroatoms. The van der Waals surface area contributed by atoms with E-state index in [9.17, 15) is 13.2 Å². The second-order valence-electron chi connectivity index (χ2n) is 6.72. The maximum absolute atomic E-state index is 12.6. The van der Waals surface area contributed by atoms with Gasteiger partial charge in [0.05, 0.1) is 17.1 Å². The van der Waals surface area contributed by atoms with Gasteiger partial charge < -0.3 is 10.6 Å². The van der Waals surface area contributed by atoms with Gasteiger partial charge in [-0.25, -0.2) is 8.42 Å². The van der Waals surface area contributed by atoms with Crippen molar-refractivity contribution in [2.24, 2.45) is 0 Å². The van der Waals surface area contributed by atoms with E-state index in [0.29, 0.717) is 22.6 Å². The van der Waals surface area contributed by atoms with Crippen LogP contribution in [0.15, 0.2) is 87.5 Å². The molecule has 0 fully saturated rings. The third-order valence-electron chi connectivity index (χ3n) is 4.46. The largest absolute Gasteiger partial charge is 0.376 e. The number of para-hydroxylation sites is 1. The van der Waals surface area contributed by atoms with Gasteiger partial charge in [0.25, 0.3) is 0 Å². The maximum atomic E-state index is 12.6. The third kappa shape index (κ3) is 5.64.